The Labute approximate surface area is 120 Å². The number of carbonyl (C=O) groups excluding carboxylic acids is 1. The molecule has 0 aliphatic heterocycles. The average molecular weight is 281 g/mol. The Balaban J connectivity index is 2.19. The van der Waals surface area contributed by atoms with Crippen molar-refractivity contribution in [3.05, 3.63) is 24.3 Å². The van der Waals surface area contributed by atoms with E-state index in [1.54, 1.807) is 7.11 Å². The van der Waals surface area contributed by atoms with Crippen molar-refractivity contribution in [1.29, 1.82) is 0 Å². The van der Waals surface area contributed by atoms with Crippen molar-refractivity contribution in [2.45, 2.75) is 19.8 Å². The summed E-state index contributed by atoms with van der Waals surface area (Å²) in [6.07, 6.45) is 1.30. The normalized spacial score (nSPS) is 10.1. The highest BCUT2D eigenvalue weighted by Gasteiger charge is 2.00. The van der Waals surface area contributed by atoms with Gasteiger partial charge < -0.3 is 19.5 Å². The first-order valence-electron chi connectivity index (χ1n) is 6.87. The minimum Gasteiger partial charge on any atom is -0.491 e. The van der Waals surface area contributed by atoms with E-state index < -0.39 is 0 Å². The summed E-state index contributed by atoms with van der Waals surface area (Å²) in [5, 5.41) is 3.18. The number of anilines is 1. The smallest absolute Gasteiger partial charge is 0.305 e. The molecule has 0 heterocycles. The molecule has 0 spiro atoms. The minimum atomic E-state index is -0.142. The SMILES string of the molecule is CCCC(=O)OCCNc1ccc(OCCOC)cc1. The molecule has 1 N–H and O–H groups in total. The van der Waals surface area contributed by atoms with Gasteiger partial charge in [0.2, 0.25) is 0 Å². The summed E-state index contributed by atoms with van der Waals surface area (Å²) >= 11 is 0. The van der Waals surface area contributed by atoms with Crippen LogP contribution >= 0.6 is 0 Å². The van der Waals surface area contributed by atoms with Gasteiger partial charge in [-0.1, -0.05) is 6.92 Å². The van der Waals surface area contributed by atoms with Crippen LogP contribution in [-0.4, -0.2) is 39.4 Å². The number of ether oxygens (including phenoxy) is 3. The molecular formula is C15H23NO4. The topological polar surface area (TPSA) is 56.8 Å². The highest BCUT2D eigenvalue weighted by atomic mass is 16.5. The standard InChI is InChI=1S/C15H23NO4/c1-3-4-15(17)20-10-9-16-13-5-7-14(8-6-13)19-12-11-18-2/h5-8,16H,3-4,9-12H2,1-2H3. The third kappa shape index (κ3) is 6.99. The first kappa shape index (κ1) is 16.3. The second-order valence-corrected chi connectivity index (χ2v) is 4.26. The van der Waals surface area contributed by atoms with Crippen LogP contribution in [0.4, 0.5) is 5.69 Å². The van der Waals surface area contributed by atoms with Crippen LogP contribution in [0.3, 0.4) is 0 Å². The molecule has 1 aromatic carbocycles. The summed E-state index contributed by atoms with van der Waals surface area (Å²) in [7, 11) is 1.64. The van der Waals surface area contributed by atoms with Crippen molar-refractivity contribution >= 4 is 11.7 Å². The number of rotatable bonds is 10. The molecule has 0 saturated heterocycles. The molecule has 0 aliphatic rings. The van der Waals surface area contributed by atoms with Crippen LogP contribution in [-0.2, 0) is 14.3 Å². The highest BCUT2D eigenvalue weighted by molar-refractivity contribution is 5.69. The molecule has 0 atom stereocenters. The van der Waals surface area contributed by atoms with E-state index in [0.29, 0.717) is 32.8 Å². The largest absolute Gasteiger partial charge is 0.491 e. The van der Waals surface area contributed by atoms with Gasteiger partial charge in [-0.15, -0.1) is 0 Å². The Kier molecular flexibility index (Phi) is 8.22. The second-order valence-electron chi connectivity index (χ2n) is 4.26. The first-order chi connectivity index (χ1) is 9.76. The lowest BCUT2D eigenvalue weighted by Crippen LogP contribution is -2.13. The molecule has 0 aromatic heterocycles. The van der Waals surface area contributed by atoms with E-state index in [1.807, 2.05) is 31.2 Å². The Morgan fingerprint density at radius 1 is 1.15 bits per heavy atom. The molecular weight excluding hydrogens is 258 g/mol. The summed E-state index contributed by atoms with van der Waals surface area (Å²) in [5.41, 5.74) is 0.968. The highest BCUT2D eigenvalue weighted by Crippen LogP contribution is 2.15. The minimum absolute atomic E-state index is 0.142. The van der Waals surface area contributed by atoms with E-state index >= 15 is 0 Å². The maximum Gasteiger partial charge on any atom is 0.305 e. The van der Waals surface area contributed by atoms with Gasteiger partial charge in [0.15, 0.2) is 0 Å². The van der Waals surface area contributed by atoms with Gasteiger partial charge in [-0.05, 0) is 30.7 Å². The van der Waals surface area contributed by atoms with Gasteiger partial charge in [0.25, 0.3) is 0 Å². The van der Waals surface area contributed by atoms with E-state index in [4.69, 9.17) is 14.2 Å². The zero-order valence-corrected chi connectivity index (χ0v) is 12.2. The maximum atomic E-state index is 11.1. The number of hydrogen-bond donors (Lipinski definition) is 1. The summed E-state index contributed by atoms with van der Waals surface area (Å²) in [6, 6.07) is 7.63. The Morgan fingerprint density at radius 3 is 2.55 bits per heavy atom. The number of methoxy groups -OCH3 is 1. The lowest BCUT2D eigenvalue weighted by Gasteiger charge is -2.09. The lowest BCUT2D eigenvalue weighted by atomic mass is 10.3. The molecule has 5 heteroatoms. The fourth-order valence-corrected chi connectivity index (χ4v) is 1.55. The predicted octanol–water partition coefficient (Wildman–Crippen LogP) is 2.47. The monoisotopic (exact) mass is 281 g/mol. The van der Waals surface area contributed by atoms with E-state index in [9.17, 15) is 4.79 Å². The van der Waals surface area contributed by atoms with Crippen molar-refractivity contribution in [3.63, 3.8) is 0 Å². The van der Waals surface area contributed by atoms with Crippen LogP contribution < -0.4 is 10.1 Å². The van der Waals surface area contributed by atoms with Crippen molar-refractivity contribution < 1.29 is 19.0 Å². The van der Waals surface area contributed by atoms with Crippen molar-refractivity contribution in [3.8, 4) is 5.75 Å². The fourth-order valence-electron chi connectivity index (χ4n) is 1.55. The van der Waals surface area contributed by atoms with Crippen LogP contribution in [0, 0.1) is 0 Å². The molecule has 0 saturated carbocycles. The number of benzene rings is 1. The molecule has 0 radical (unpaired) electrons. The molecule has 0 aliphatic carbocycles. The van der Waals surface area contributed by atoms with Gasteiger partial charge in [0.05, 0.1) is 6.61 Å². The molecule has 112 valence electrons. The quantitative estimate of drug-likeness (QED) is 0.527. The summed E-state index contributed by atoms with van der Waals surface area (Å²) in [5.74, 6) is 0.665. The summed E-state index contributed by atoms with van der Waals surface area (Å²) in [4.78, 5) is 11.1. The number of hydrogen-bond acceptors (Lipinski definition) is 5. The molecule has 0 amide bonds. The van der Waals surface area contributed by atoms with Gasteiger partial charge >= 0.3 is 5.97 Å². The van der Waals surface area contributed by atoms with E-state index in [0.717, 1.165) is 17.9 Å². The Hall–Kier alpha value is -1.75. The fraction of sp³-hybridized carbons (Fsp3) is 0.533. The van der Waals surface area contributed by atoms with E-state index in [-0.39, 0.29) is 5.97 Å². The zero-order chi connectivity index (χ0) is 14.6. The Bertz CT molecular complexity index is 378. The molecule has 1 rings (SSSR count). The van der Waals surface area contributed by atoms with Gasteiger partial charge in [0, 0.05) is 25.8 Å². The summed E-state index contributed by atoms with van der Waals surface area (Å²) < 4.78 is 15.4. The van der Waals surface area contributed by atoms with Crippen LogP contribution in [0.2, 0.25) is 0 Å². The van der Waals surface area contributed by atoms with E-state index in [1.165, 1.54) is 0 Å². The molecule has 20 heavy (non-hydrogen) atoms. The Morgan fingerprint density at radius 2 is 1.90 bits per heavy atom. The van der Waals surface area contributed by atoms with Crippen LogP contribution in [0.15, 0.2) is 24.3 Å². The third-order valence-corrected chi connectivity index (χ3v) is 2.56. The molecule has 1 aromatic rings. The number of esters is 1. The van der Waals surface area contributed by atoms with Crippen LogP contribution in [0.25, 0.3) is 0 Å². The van der Waals surface area contributed by atoms with Crippen LogP contribution in [0.5, 0.6) is 5.75 Å². The predicted molar refractivity (Wildman–Crippen MR) is 78.2 cm³/mol. The van der Waals surface area contributed by atoms with E-state index in [2.05, 4.69) is 5.32 Å². The zero-order valence-electron chi connectivity index (χ0n) is 12.2. The van der Waals surface area contributed by atoms with Gasteiger partial charge in [-0.2, -0.15) is 0 Å². The summed E-state index contributed by atoms with van der Waals surface area (Å²) in [6.45, 7) is 4.04. The maximum absolute atomic E-state index is 11.1. The average Bonchev–Trinajstić information content (AvgIpc) is 2.46. The molecule has 5 nitrogen and oxygen atoms in total. The number of carbonyl (C=O) groups is 1. The molecule has 0 unspecified atom stereocenters. The van der Waals surface area contributed by atoms with Crippen LogP contribution in [0.1, 0.15) is 19.8 Å². The second kappa shape index (κ2) is 10.1. The van der Waals surface area contributed by atoms with Crippen molar-refractivity contribution in [1.82, 2.24) is 0 Å². The van der Waals surface area contributed by atoms with Gasteiger partial charge in [-0.25, -0.2) is 0 Å². The van der Waals surface area contributed by atoms with Gasteiger partial charge in [0.1, 0.15) is 19.0 Å². The van der Waals surface area contributed by atoms with Crippen molar-refractivity contribution in [2.24, 2.45) is 0 Å². The number of nitrogens with one attached hydrogen (secondary N) is 1. The van der Waals surface area contributed by atoms with Gasteiger partial charge in [-0.3, -0.25) is 4.79 Å². The van der Waals surface area contributed by atoms with Crippen molar-refractivity contribution in [2.75, 3.05) is 38.8 Å². The molecule has 0 bridgehead atoms. The lowest BCUT2D eigenvalue weighted by molar-refractivity contribution is -0.143. The molecule has 0 fully saturated rings. The first-order valence-corrected chi connectivity index (χ1v) is 6.87. The third-order valence-electron chi connectivity index (χ3n) is 2.56.